The SMILES string of the molecule is CCN(C(=O)C1CC(=O)c2cccc(C)c21)C1CCS(=O)(=O)C1. The normalized spacial score (nSPS) is 25.4. The van der Waals surface area contributed by atoms with Gasteiger partial charge in [-0.3, -0.25) is 9.59 Å². The first-order chi connectivity index (χ1) is 10.8. The van der Waals surface area contributed by atoms with Gasteiger partial charge in [0.1, 0.15) is 0 Å². The quantitative estimate of drug-likeness (QED) is 0.843. The summed E-state index contributed by atoms with van der Waals surface area (Å²) in [5.74, 6) is -0.413. The number of amides is 1. The molecule has 0 radical (unpaired) electrons. The Morgan fingerprint density at radius 2 is 2.09 bits per heavy atom. The Morgan fingerprint density at radius 3 is 2.70 bits per heavy atom. The number of likely N-dealkylation sites (N-methyl/N-ethyl adjacent to an activating group) is 1. The fraction of sp³-hybridized carbons (Fsp3) is 0.529. The van der Waals surface area contributed by atoms with Gasteiger partial charge in [-0.05, 0) is 31.4 Å². The van der Waals surface area contributed by atoms with E-state index in [2.05, 4.69) is 0 Å². The van der Waals surface area contributed by atoms with Crippen LogP contribution in [0.4, 0.5) is 0 Å². The van der Waals surface area contributed by atoms with Crippen LogP contribution >= 0.6 is 0 Å². The van der Waals surface area contributed by atoms with Gasteiger partial charge in [0, 0.05) is 24.6 Å². The van der Waals surface area contributed by atoms with Crippen molar-refractivity contribution in [3.63, 3.8) is 0 Å². The van der Waals surface area contributed by atoms with Crippen molar-refractivity contribution in [2.24, 2.45) is 0 Å². The van der Waals surface area contributed by atoms with Gasteiger partial charge < -0.3 is 4.90 Å². The van der Waals surface area contributed by atoms with E-state index in [-0.39, 0.29) is 35.7 Å². The highest BCUT2D eigenvalue weighted by atomic mass is 32.2. The van der Waals surface area contributed by atoms with Gasteiger partial charge in [-0.25, -0.2) is 8.42 Å². The van der Waals surface area contributed by atoms with Gasteiger partial charge in [0.2, 0.25) is 5.91 Å². The molecule has 1 aromatic carbocycles. The molecular weight excluding hydrogens is 314 g/mol. The van der Waals surface area contributed by atoms with E-state index in [1.54, 1.807) is 11.0 Å². The molecule has 1 amide bonds. The maximum absolute atomic E-state index is 13.0. The highest BCUT2D eigenvalue weighted by molar-refractivity contribution is 7.91. The number of ketones is 1. The third kappa shape index (κ3) is 2.80. The van der Waals surface area contributed by atoms with Gasteiger partial charge in [0.05, 0.1) is 17.4 Å². The summed E-state index contributed by atoms with van der Waals surface area (Å²) in [6.45, 7) is 4.23. The zero-order chi connectivity index (χ0) is 16.8. The number of hydrogen-bond donors (Lipinski definition) is 0. The first-order valence-electron chi connectivity index (χ1n) is 7.97. The number of sulfone groups is 1. The molecule has 0 aromatic heterocycles. The van der Waals surface area contributed by atoms with E-state index in [0.717, 1.165) is 11.1 Å². The summed E-state index contributed by atoms with van der Waals surface area (Å²) >= 11 is 0. The van der Waals surface area contributed by atoms with Crippen LogP contribution in [0, 0.1) is 6.92 Å². The standard InChI is InChI=1S/C17H21NO4S/c1-3-18(12-7-8-23(21,22)10-12)17(20)14-9-15(19)13-6-4-5-11(2)16(13)14/h4-6,12,14H,3,7-10H2,1-2H3. The first-order valence-corrected chi connectivity index (χ1v) is 9.80. The van der Waals surface area contributed by atoms with E-state index in [9.17, 15) is 18.0 Å². The Bertz CT molecular complexity index is 769. The number of nitrogens with zero attached hydrogens (tertiary/aromatic N) is 1. The third-order valence-corrected chi connectivity index (χ3v) is 6.68. The van der Waals surface area contributed by atoms with Crippen molar-refractivity contribution in [1.82, 2.24) is 4.90 Å². The highest BCUT2D eigenvalue weighted by Crippen LogP contribution is 2.37. The van der Waals surface area contributed by atoms with Crippen LogP contribution < -0.4 is 0 Å². The van der Waals surface area contributed by atoms with Gasteiger partial charge in [-0.2, -0.15) is 0 Å². The summed E-state index contributed by atoms with van der Waals surface area (Å²) in [7, 11) is -3.05. The van der Waals surface area contributed by atoms with E-state index in [4.69, 9.17) is 0 Å². The van der Waals surface area contributed by atoms with E-state index in [0.29, 0.717) is 18.5 Å². The van der Waals surface area contributed by atoms with Gasteiger partial charge in [0.15, 0.2) is 15.6 Å². The molecular formula is C17H21NO4S. The lowest BCUT2D eigenvalue weighted by Gasteiger charge is -2.30. The summed E-state index contributed by atoms with van der Waals surface area (Å²) in [5, 5.41) is 0. The van der Waals surface area contributed by atoms with Crippen LogP contribution in [0.2, 0.25) is 0 Å². The second-order valence-corrected chi connectivity index (χ2v) is 8.63. The third-order valence-electron chi connectivity index (χ3n) is 4.93. The average Bonchev–Trinajstić information content (AvgIpc) is 3.01. The summed E-state index contributed by atoms with van der Waals surface area (Å²) in [6.07, 6.45) is 0.679. The van der Waals surface area contributed by atoms with Crippen LogP contribution in [0.5, 0.6) is 0 Å². The molecule has 0 bridgehead atoms. The van der Waals surface area contributed by atoms with Crippen molar-refractivity contribution in [2.45, 2.75) is 38.6 Å². The molecule has 124 valence electrons. The lowest BCUT2D eigenvalue weighted by atomic mass is 9.94. The van der Waals surface area contributed by atoms with Crippen molar-refractivity contribution in [3.05, 3.63) is 34.9 Å². The Morgan fingerprint density at radius 1 is 1.35 bits per heavy atom. The maximum Gasteiger partial charge on any atom is 0.230 e. The second-order valence-electron chi connectivity index (χ2n) is 6.40. The van der Waals surface area contributed by atoms with E-state index < -0.39 is 15.8 Å². The maximum atomic E-state index is 13.0. The van der Waals surface area contributed by atoms with Gasteiger partial charge in [-0.15, -0.1) is 0 Å². The van der Waals surface area contributed by atoms with Crippen molar-refractivity contribution in [1.29, 1.82) is 0 Å². The van der Waals surface area contributed by atoms with Crippen LogP contribution in [-0.2, 0) is 14.6 Å². The van der Waals surface area contributed by atoms with E-state index >= 15 is 0 Å². The summed E-state index contributed by atoms with van der Waals surface area (Å²) in [4.78, 5) is 26.9. The van der Waals surface area contributed by atoms with Gasteiger partial charge >= 0.3 is 0 Å². The zero-order valence-electron chi connectivity index (χ0n) is 13.4. The molecule has 1 saturated heterocycles. The number of fused-ring (bicyclic) bond motifs is 1. The van der Waals surface area contributed by atoms with Crippen LogP contribution in [0.3, 0.4) is 0 Å². The van der Waals surface area contributed by atoms with Crippen molar-refractivity contribution in [2.75, 3.05) is 18.1 Å². The fourth-order valence-electron chi connectivity index (χ4n) is 3.81. The Hall–Kier alpha value is -1.69. The predicted molar refractivity (Wildman–Crippen MR) is 87.3 cm³/mol. The van der Waals surface area contributed by atoms with Crippen molar-refractivity contribution in [3.8, 4) is 0 Å². The number of rotatable bonds is 3. The number of aryl methyl sites for hydroxylation is 1. The number of benzene rings is 1. The van der Waals surface area contributed by atoms with Crippen molar-refractivity contribution < 1.29 is 18.0 Å². The average molecular weight is 335 g/mol. The molecule has 0 spiro atoms. The van der Waals surface area contributed by atoms with Crippen molar-refractivity contribution >= 4 is 21.5 Å². The molecule has 6 heteroatoms. The van der Waals surface area contributed by atoms with Crippen LogP contribution in [0.15, 0.2) is 18.2 Å². The molecule has 0 N–H and O–H groups in total. The van der Waals surface area contributed by atoms with E-state index in [1.165, 1.54) is 0 Å². The minimum atomic E-state index is -3.05. The van der Waals surface area contributed by atoms with Gasteiger partial charge in [0.25, 0.3) is 0 Å². The smallest absolute Gasteiger partial charge is 0.230 e. The summed E-state index contributed by atoms with van der Waals surface area (Å²) < 4.78 is 23.4. The molecule has 2 atom stereocenters. The molecule has 2 unspecified atom stereocenters. The van der Waals surface area contributed by atoms with Crippen LogP contribution in [-0.4, -0.2) is 49.1 Å². The number of hydrogen-bond acceptors (Lipinski definition) is 4. The van der Waals surface area contributed by atoms with Gasteiger partial charge in [-0.1, -0.05) is 18.2 Å². The molecule has 3 rings (SSSR count). The van der Waals surface area contributed by atoms with Crippen LogP contribution in [0.1, 0.15) is 47.2 Å². The minimum Gasteiger partial charge on any atom is -0.338 e. The molecule has 23 heavy (non-hydrogen) atoms. The lowest BCUT2D eigenvalue weighted by Crippen LogP contribution is -2.43. The summed E-state index contributed by atoms with van der Waals surface area (Å²) in [5.41, 5.74) is 2.40. The minimum absolute atomic E-state index is 0.00264. The number of Topliss-reactive ketones (excluding diaryl/α,β-unsaturated/α-hetero) is 1. The molecule has 1 aromatic rings. The molecule has 5 nitrogen and oxygen atoms in total. The lowest BCUT2D eigenvalue weighted by molar-refractivity contribution is -0.134. The number of carbonyl (C=O) groups is 2. The predicted octanol–water partition coefficient (Wildman–Crippen LogP) is 1.70. The fourth-order valence-corrected chi connectivity index (χ4v) is 5.54. The van der Waals surface area contributed by atoms with E-state index in [1.807, 2.05) is 26.0 Å². The highest BCUT2D eigenvalue weighted by Gasteiger charge is 2.41. The molecule has 1 aliphatic heterocycles. The Balaban J connectivity index is 1.91. The molecule has 0 saturated carbocycles. The second kappa shape index (κ2) is 5.74. The molecule has 1 fully saturated rings. The summed E-state index contributed by atoms with van der Waals surface area (Å²) in [6, 6.07) is 5.25. The van der Waals surface area contributed by atoms with Crippen LogP contribution in [0.25, 0.3) is 0 Å². The Kier molecular flexibility index (Phi) is 4.04. The first kappa shape index (κ1) is 16.2. The largest absolute Gasteiger partial charge is 0.338 e. The topological polar surface area (TPSA) is 71.5 Å². The molecule has 2 aliphatic rings. The Labute approximate surface area is 136 Å². The molecule has 1 heterocycles. The zero-order valence-corrected chi connectivity index (χ0v) is 14.2. The monoisotopic (exact) mass is 335 g/mol. The number of carbonyl (C=O) groups excluding carboxylic acids is 2. The molecule has 1 aliphatic carbocycles.